The number of benzene rings is 1. The Balaban J connectivity index is 1.49. The molecule has 1 saturated heterocycles. The van der Waals surface area contributed by atoms with Gasteiger partial charge in [-0.15, -0.1) is 21.5 Å². The van der Waals surface area contributed by atoms with Crippen molar-refractivity contribution in [2.24, 2.45) is 0 Å². The van der Waals surface area contributed by atoms with Gasteiger partial charge in [-0.2, -0.15) is 0 Å². The van der Waals surface area contributed by atoms with Crippen LogP contribution in [-0.2, 0) is 22.6 Å². The predicted octanol–water partition coefficient (Wildman–Crippen LogP) is 3.02. The first-order valence-corrected chi connectivity index (χ1v) is 11.7. The number of thioether (sulfide) groups is 1. The summed E-state index contributed by atoms with van der Waals surface area (Å²) in [6, 6.07) is 14.3. The summed E-state index contributed by atoms with van der Waals surface area (Å²) < 4.78 is 7.59. The maximum absolute atomic E-state index is 12.6. The smallest absolute Gasteiger partial charge is 0.233 e. The third-order valence-electron chi connectivity index (χ3n) is 4.84. The van der Waals surface area contributed by atoms with Crippen molar-refractivity contribution in [2.45, 2.75) is 30.4 Å². The van der Waals surface area contributed by atoms with Crippen molar-refractivity contribution in [1.82, 2.24) is 20.1 Å². The Morgan fingerprint density at radius 1 is 1.20 bits per heavy atom. The third kappa shape index (κ3) is 5.21. The van der Waals surface area contributed by atoms with E-state index in [2.05, 4.69) is 37.1 Å². The molecular weight excluding hydrogens is 418 g/mol. The zero-order chi connectivity index (χ0) is 20.8. The number of nitrogens with zero attached hydrogens (tertiary/aromatic N) is 4. The Labute approximate surface area is 184 Å². The summed E-state index contributed by atoms with van der Waals surface area (Å²) >= 11 is 3.08. The Hall–Kier alpha value is -2.36. The molecule has 30 heavy (non-hydrogen) atoms. The quantitative estimate of drug-likeness (QED) is 0.540. The predicted molar refractivity (Wildman–Crippen MR) is 120 cm³/mol. The van der Waals surface area contributed by atoms with Crippen molar-refractivity contribution in [1.29, 1.82) is 0 Å². The fraction of sp³-hybridized carbons (Fsp3) is 0.381. The van der Waals surface area contributed by atoms with Gasteiger partial charge in [-0.3, -0.25) is 9.36 Å². The topological polar surface area (TPSA) is 72.3 Å². The molecule has 2 aromatic heterocycles. The molecule has 1 aromatic carbocycles. The van der Waals surface area contributed by atoms with Crippen LogP contribution in [0.1, 0.15) is 17.4 Å². The van der Waals surface area contributed by atoms with Gasteiger partial charge < -0.3 is 15.0 Å². The molecule has 7 nitrogen and oxygen atoms in total. The highest BCUT2D eigenvalue weighted by atomic mass is 32.2. The molecule has 0 aliphatic carbocycles. The zero-order valence-corrected chi connectivity index (χ0v) is 18.5. The van der Waals surface area contributed by atoms with Crippen LogP contribution >= 0.6 is 23.1 Å². The lowest BCUT2D eigenvalue weighted by atomic mass is 10.2. The molecule has 1 aliphatic heterocycles. The SMILES string of the molecule is C[C@H](Sc1nnc(N2CCOCC2)n1Cc1ccccc1)C(=O)NCc1cccs1. The summed E-state index contributed by atoms with van der Waals surface area (Å²) in [6.45, 7) is 6.06. The molecule has 1 N–H and O–H groups in total. The third-order valence-corrected chi connectivity index (χ3v) is 6.80. The summed E-state index contributed by atoms with van der Waals surface area (Å²) in [5.41, 5.74) is 1.17. The van der Waals surface area contributed by atoms with Gasteiger partial charge in [-0.25, -0.2) is 0 Å². The standard InChI is InChI=1S/C21H25N5O2S2/c1-16(19(27)22-14-18-8-5-13-29-18)30-21-24-23-20(25-9-11-28-12-10-25)26(21)15-17-6-3-2-4-7-17/h2-8,13,16H,9-12,14-15H2,1H3,(H,22,27)/t16-/m0/s1. The summed E-state index contributed by atoms with van der Waals surface area (Å²) in [6.07, 6.45) is 0. The van der Waals surface area contributed by atoms with Crippen LogP contribution in [0, 0.1) is 0 Å². The van der Waals surface area contributed by atoms with Crippen molar-refractivity contribution >= 4 is 35.0 Å². The number of hydrogen-bond donors (Lipinski definition) is 1. The molecule has 1 aliphatic rings. The summed E-state index contributed by atoms with van der Waals surface area (Å²) in [7, 11) is 0. The van der Waals surface area contributed by atoms with Crippen LogP contribution in [-0.4, -0.2) is 52.2 Å². The highest BCUT2D eigenvalue weighted by Crippen LogP contribution is 2.27. The van der Waals surface area contributed by atoms with Gasteiger partial charge in [0.05, 0.1) is 31.6 Å². The minimum atomic E-state index is -0.277. The van der Waals surface area contributed by atoms with Crippen LogP contribution in [0.15, 0.2) is 53.0 Å². The maximum atomic E-state index is 12.6. The molecule has 4 rings (SSSR count). The Bertz CT molecular complexity index is 940. The number of morpholine rings is 1. The number of nitrogens with one attached hydrogen (secondary N) is 1. The maximum Gasteiger partial charge on any atom is 0.233 e. The first-order chi connectivity index (χ1) is 14.7. The second-order valence-corrected chi connectivity index (χ2v) is 9.35. The lowest BCUT2D eigenvalue weighted by molar-refractivity contribution is -0.120. The van der Waals surface area contributed by atoms with Gasteiger partial charge in [0.15, 0.2) is 5.16 Å². The molecule has 0 bridgehead atoms. The molecule has 0 unspecified atom stereocenters. The lowest BCUT2D eigenvalue weighted by Crippen LogP contribution is -2.38. The molecule has 1 fully saturated rings. The molecule has 1 amide bonds. The van der Waals surface area contributed by atoms with Crippen LogP contribution in [0.4, 0.5) is 5.95 Å². The first-order valence-electron chi connectivity index (χ1n) is 9.97. The second kappa shape index (κ2) is 10.1. The summed E-state index contributed by atoms with van der Waals surface area (Å²) in [4.78, 5) is 15.9. The molecule has 0 radical (unpaired) electrons. The van der Waals surface area contributed by atoms with Gasteiger partial charge in [0.2, 0.25) is 11.9 Å². The number of amides is 1. The van der Waals surface area contributed by atoms with E-state index in [4.69, 9.17) is 4.74 Å². The molecule has 1 atom stereocenters. The minimum absolute atomic E-state index is 0.00409. The monoisotopic (exact) mass is 443 g/mol. The highest BCUT2D eigenvalue weighted by Gasteiger charge is 2.24. The van der Waals surface area contributed by atoms with Crippen molar-refractivity contribution in [3.63, 3.8) is 0 Å². The van der Waals surface area contributed by atoms with Crippen LogP contribution in [0.2, 0.25) is 0 Å². The van der Waals surface area contributed by atoms with Gasteiger partial charge >= 0.3 is 0 Å². The van der Waals surface area contributed by atoms with E-state index >= 15 is 0 Å². The fourth-order valence-corrected chi connectivity index (χ4v) is 4.73. The number of thiophene rings is 1. The van der Waals surface area contributed by atoms with Gasteiger partial charge in [0, 0.05) is 18.0 Å². The largest absolute Gasteiger partial charge is 0.378 e. The van der Waals surface area contributed by atoms with E-state index in [-0.39, 0.29) is 11.2 Å². The molecule has 0 spiro atoms. The summed E-state index contributed by atoms with van der Waals surface area (Å²) in [5.74, 6) is 0.825. The first kappa shape index (κ1) is 20.9. The molecule has 9 heteroatoms. The molecule has 3 aromatic rings. The average molecular weight is 444 g/mol. The van der Waals surface area contributed by atoms with Gasteiger partial charge in [-0.05, 0) is 23.9 Å². The molecular formula is C21H25N5O2S2. The lowest BCUT2D eigenvalue weighted by Gasteiger charge is -2.28. The van der Waals surface area contributed by atoms with E-state index in [1.807, 2.05) is 42.6 Å². The Morgan fingerprint density at radius 2 is 2.00 bits per heavy atom. The van der Waals surface area contributed by atoms with Crippen molar-refractivity contribution < 1.29 is 9.53 Å². The second-order valence-electron chi connectivity index (χ2n) is 7.01. The van der Waals surface area contributed by atoms with Crippen molar-refractivity contribution in [3.05, 3.63) is 58.3 Å². The van der Waals surface area contributed by atoms with Gasteiger partial charge in [0.25, 0.3) is 0 Å². The summed E-state index contributed by atoms with van der Waals surface area (Å²) in [5, 5.41) is 14.4. The van der Waals surface area contributed by atoms with Crippen molar-refractivity contribution in [3.8, 4) is 0 Å². The van der Waals surface area contributed by atoms with E-state index in [1.54, 1.807) is 11.3 Å². The van der Waals surface area contributed by atoms with E-state index in [9.17, 15) is 4.79 Å². The van der Waals surface area contributed by atoms with E-state index in [0.29, 0.717) is 26.3 Å². The minimum Gasteiger partial charge on any atom is -0.378 e. The van der Waals surface area contributed by atoms with Gasteiger partial charge in [-0.1, -0.05) is 48.2 Å². The number of ether oxygens (including phenoxy) is 1. The van der Waals surface area contributed by atoms with Crippen LogP contribution in [0.25, 0.3) is 0 Å². The highest BCUT2D eigenvalue weighted by molar-refractivity contribution is 8.00. The molecule has 3 heterocycles. The number of hydrogen-bond acceptors (Lipinski definition) is 7. The Morgan fingerprint density at radius 3 is 2.73 bits per heavy atom. The average Bonchev–Trinajstić information content (AvgIpc) is 3.44. The Kier molecular flexibility index (Phi) is 7.03. The van der Waals surface area contributed by atoms with E-state index in [0.717, 1.165) is 29.1 Å². The van der Waals surface area contributed by atoms with Gasteiger partial charge in [0.1, 0.15) is 0 Å². The fourth-order valence-electron chi connectivity index (χ4n) is 3.21. The van der Waals surface area contributed by atoms with E-state index in [1.165, 1.54) is 17.3 Å². The normalized spacial score (nSPS) is 15.2. The molecule has 0 saturated carbocycles. The number of aromatic nitrogens is 3. The van der Waals surface area contributed by atoms with Crippen LogP contribution in [0.3, 0.4) is 0 Å². The number of rotatable bonds is 8. The van der Waals surface area contributed by atoms with Crippen LogP contribution < -0.4 is 10.2 Å². The number of carbonyl (C=O) groups excluding carboxylic acids is 1. The molecule has 158 valence electrons. The number of anilines is 1. The number of carbonyl (C=O) groups is 1. The van der Waals surface area contributed by atoms with E-state index < -0.39 is 0 Å². The zero-order valence-electron chi connectivity index (χ0n) is 16.9. The van der Waals surface area contributed by atoms with Crippen molar-refractivity contribution in [2.75, 3.05) is 31.2 Å². The van der Waals surface area contributed by atoms with Crippen LogP contribution in [0.5, 0.6) is 0 Å².